The van der Waals surface area contributed by atoms with Crippen LogP contribution in [0.2, 0.25) is 0 Å². The molecule has 8 aromatic heterocycles. The van der Waals surface area contributed by atoms with Crippen molar-refractivity contribution in [3.63, 3.8) is 0 Å². The van der Waals surface area contributed by atoms with Crippen molar-refractivity contribution in [1.29, 1.82) is 0 Å². The summed E-state index contributed by atoms with van der Waals surface area (Å²) in [7, 11) is 0. The predicted octanol–water partition coefficient (Wildman–Crippen LogP) is 29.0. The number of para-hydroxylation sites is 7. The molecular formula is C120H76N14. The van der Waals surface area contributed by atoms with Gasteiger partial charge in [0.2, 0.25) is 17.8 Å². The topological polar surface area (TPSA) is 141 Å². The summed E-state index contributed by atoms with van der Waals surface area (Å²) in [5.74, 6) is 4.82. The standard InChI is InChI=1S/C120H76N14/c1-120(2)97-53-32-52-85(105(97)96-71-94-88-49-23-28-56-101(88)132(104(94)72-98(96)120)117-124-111(76-35-11-4-12-36-76)121-112(125-117)77-37-13-5-14-38-77)75-61-65-80(66-62-75)115-122-114(79-63-59-74(60-64-79)73-33-9-3-10-34-73)127-119(128-115)134-103-58-30-25-51-92(103)106-93(70-95-89-50-24-27-55-100(89)131(109(95)110(106)134)84-45-19-8-20-46-84)81-41-31-42-82(69-81)116-123-113(78-39-15-6-16-40-78)126-118(129-116)133-102-57-29-22-48-87(102)91-68-67-90-86-47-21-26-54-99(86)130(107(90)108(91)133)83-43-17-7-18-44-83/h3-72H,1-2H3. The molecule has 0 saturated heterocycles. The van der Waals surface area contributed by atoms with Gasteiger partial charge >= 0.3 is 0 Å². The van der Waals surface area contributed by atoms with Crippen molar-refractivity contribution in [3.8, 4) is 142 Å². The molecule has 626 valence electrons. The quantitative estimate of drug-likeness (QED) is 0.104. The zero-order chi connectivity index (χ0) is 88.4. The van der Waals surface area contributed by atoms with E-state index in [1.165, 1.54) is 22.3 Å². The van der Waals surface area contributed by atoms with Crippen LogP contribution in [0.15, 0.2) is 425 Å². The monoisotopic (exact) mass is 1710 g/mol. The van der Waals surface area contributed by atoms with Crippen LogP contribution >= 0.6 is 0 Å². The molecule has 1 aliphatic rings. The van der Waals surface area contributed by atoms with Crippen LogP contribution < -0.4 is 0 Å². The number of hydrogen-bond acceptors (Lipinski definition) is 9. The second kappa shape index (κ2) is 30.0. The van der Waals surface area contributed by atoms with E-state index >= 15 is 0 Å². The summed E-state index contributed by atoms with van der Waals surface area (Å²) in [6.45, 7) is 4.71. The molecule has 8 heterocycles. The highest BCUT2D eigenvalue weighted by Crippen LogP contribution is 2.55. The molecule has 0 fully saturated rings. The van der Waals surface area contributed by atoms with Crippen LogP contribution in [0.4, 0.5) is 0 Å². The van der Waals surface area contributed by atoms with Crippen LogP contribution in [0, 0.1) is 0 Å². The van der Waals surface area contributed by atoms with E-state index in [0.717, 1.165) is 187 Å². The minimum Gasteiger partial charge on any atom is -0.307 e. The molecule has 0 radical (unpaired) electrons. The zero-order valence-electron chi connectivity index (χ0n) is 72.7. The molecule has 0 amide bonds. The van der Waals surface area contributed by atoms with Crippen molar-refractivity contribution in [2.24, 2.45) is 0 Å². The van der Waals surface area contributed by atoms with Crippen molar-refractivity contribution in [1.82, 2.24) is 67.7 Å². The number of benzene rings is 18. The van der Waals surface area contributed by atoms with Crippen LogP contribution in [0.1, 0.15) is 25.0 Å². The largest absolute Gasteiger partial charge is 0.307 e. The van der Waals surface area contributed by atoms with Crippen molar-refractivity contribution in [2.75, 3.05) is 0 Å². The van der Waals surface area contributed by atoms with Gasteiger partial charge in [-0.15, -0.1) is 0 Å². The van der Waals surface area contributed by atoms with Gasteiger partial charge in [0, 0.05) is 104 Å². The van der Waals surface area contributed by atoms with Gasteiger partial charge in [-0.05, 0) is 134 Å². The first-order chi connectivity index (χ1) is 66.2. The minimum absolute atomic E-state index is 0.402. The van der Waals surface area contributed by atoms with Gasteiger partial charge in [-0.1, -0.05) is 360 Å². The number of fused-ring (bicyclic) bond motifs is 20. The summed E-state index contributed by atoms with van der Waals surface area (Å²) in [6, 6.07) is 151. The number of rotatable bonds is 14. The third kappa shape index (κ3) is 11.9. The molecule has 0 spiro atoms. The van der Waals surface area contributed by atoms with Gasteiger partial charge in [0.25, 0.3) is 0 Å². The maximum Gasteiger partial charge on any atom is 0.238 e. The molecule has 26 aromatic rings. The Balaban J connectivity index is 0.648. The van der Waals surface area contributed by atoms with Gasteiger partial charge in [0.1, 0.15) is 0 Å². The van der Waals surface area contributed by atoms with Crippen LogP contribution in [0.5, 0.6) is 0 Å². The molecule has 14 heteroatoms. The highest BCUT2D eigenvalue weighted by molar-refractivity contribution is 6.29. The SMILES string of the molecule is CC1(C)c2cc3c(cc2-c2c(-c4ccc(-c5nc(-c6ccc(-c7ccccc7)cc6)nc(-n6c7ccccc7c7c(-c8cccc(-c9nc(-c%10ccccc%10)nc(-n%10c%11ccccc%11c%11ccc%12c%13ccccc%13n(-c%13ccccc%13)c%12c%11%10)n9)c8)cc8c9ccccc9n(-c9ccccc9)c8c76)n5)cc4)cccc21)c1ccccc1n3-c1nc(-c2ccccc2)nc(-c2ccccc2)n1. The lowest BCUT2D eigenvalue weighted by atomic mass is 9.81. The third-order valence-corrected chi connectivity index (χ3v) is 27.3. The number of hydrogen-bond donors (Lipinski definition) is 0. The van der Waals surface area contributed by atoms with Crippen molar-refractivity contribution in [3.05, 3.63) is 436 Å². The van der Waals surface area contributed by atoms with Crippen molar-refractivity contribution < 1.29 is 0 Å². The molecule has 0 aliphatic heterocycles. The number of aromatic nitrogens is 14. The summed E-state index contributed by atoms with van der Waals surface area (Å²) in [5.41, 5.74) is 28.1. The summed E-state index contributed by atoms with van der Waals surface area (Å²) in [4.78, 5) is 49.7. The Bertz CT molecular complexity index is 9250. The van der Waals surface area contributed by atoms with E-state index in [1.54, 1.807) is 0 Å². The first-order valence-electron chi connectivity index (χ1n) is 45.3. The molecule has 0 N–H and O–H groups in total. The maximum atomic E-state index is 5.82. The second-order valence-electron chi connectivity index (χ2n) is 35.2. The van der Waals surface area contributed by atoms with E-state index in [-0.39, 0.29) is 0 Å². The van der Waals surface area contributed by atoms with Crippen molar-refractivity contribution >= 4 is 109 Å². The first kappa shape index (κ1) is 76.1. The smallest absolute Gasteiger partial charge is 0.238 e. The summed E-state index contributed by atoms with van der Waals surface area (Å²) in [6.07, 6.45) is 0. The summed E-state index contributed by atoms with van der Waals surface area (Å²) in [5, 5.41) is 10.8. The fraction of sp³-hybridized carbons (Fsp3) is 0.0250. The van der Waals surface area contributed by atoms with Crippen LogP contribution in [-0.4, -0.2) is 67.7 Å². The van der Waals surface area contributed by atoms with Gasteiger partial charge < -0.3 is 9.13 Å². The van der Waals surface area contributed by atoms with E-state index < -0.39 is 5.41 Å². The molecule has 134 heavy (non-hydrogen) atoms. The highest BCUT2D eigenvalue weighted by Gasteiger charge is 2.39. The van der Waals surface area contributed by atoms with Gasteiger partial charge in [-0.3, -0.25) is 13.7 Å². The van der Waals surface area contributed by atoms with E-state index in [4.69, 9.17) is 44.9 Å². The van der Waals surface area contributed by atoms with E-state index in [0.29, 0.717) is 52.8 Å². The average Bonchev–Trinajstić information content (AvgIpc) is 1.55. The molecule has 0 unspecified atom stereocenters. The van der Waals surface area contributed by atoms with E-state index in [1.807, 2.05) is 54.6 Å². The van der Waals surface area contributed by atoms with Gasteiger partial charge in [0.05, 0.1) is 55.2 Å². The van der Waals surface area contributed by atoms with Gasteiger partial charge in [0.15, 0.2) is 34.9 Å². The molecule has 0 atom stereocenters. The second-order valence-corrected chi connectivity index (χ2v) is 35.2. The van der Waals surface area contributed by atoms with E-state index in [9.17, 15) is 0 Å². The van der Waals surface area contributed by atoms with E-state index in [2.05, 4.69) is 407 Å². The first-order valence-corrected chi connectivity index (χ1v) is 45.3. The predicted molar refractivity (Wildman–Crippen MR) is 545 cm³/mol. The lowest BCUT2D eigenvalue weighted by Crippen LogP contribution is -2.15. The maximum absolute atomic E-state index is 5.82. The van der Waals surface area contributed by atoms with Gasteiger partial charge in [-0.2, -0.15) is 29.9 Å². The molecule has 0 bridgehead atoms. The summed E-state index contributed by atoms with van der Waals surface area (Å²) >= 11 is 0. The molecule has 1 aliphatic carbocycles. The molecule has 14 nitrogen and oxygen atoms in total. The molecule has 0 saturated carbocycles. The number of nitrogens with zero attached hydrogens (tertiary/aromatic N) is 14. The zero-order valence-corrected chi connectivity index (χ0v) is 72.7. The van der Waals surface area contributed by atoms with Crippen LogP contribution in [-0.2, 0) is 5.41 Å². The Morgan fingerprint density at radius 2 is 0.507 bits per heavy atom. The van der Waals surface area contributed by atoms with Crippen molar-refractivity contribution in [2.45, 2.75) is 19.3 Å². The molecular weight excluding hydrogens is 1640 g/mol. The fourth-order valence-electron chi connectivity index (χ4n) is 21.1. The normalized spacial score (nSPS) is 12.5. The Hall–Kier alpha value is -18.0. The van der Waals surface area contributed by atoms with Crippen LogP contribution in [0.25, 0.3) is 251 Å². The Morgan fingerprint density at radius 3 is 1.01 bits per heavy atom. The fourth-order valence-corrected chi connectivity index (χ4v) is 21.1. The molecule has 18 aromatic carbocycles. The lowest BCUT2D eigenvalue weighted by molar-refractivity contribution is 0.661. The third-order valence-electron chi connectivity index (χ3n) is 27.3. The Morgan fingerprint density at radius 1 is 0.179 bits per heavy atom. The summed E-state index contributed by atoms with van der Waals surface area (Å²) < 4.78 is 11.6. The molecule has 27 rings (SSSR count). The average molecular weight is 1710 g/mol. The van der Waals surface area contributed by atoms with Gasteiger partial charge in [-0.25, -0.2) is 15.0 Å². The Kier molecular flexibility index (Phi) is 17.1. The minimum atomic E-state index is -0.402. The lowest BCUT2D eigenvalue weighted by Gasteiger charge is -2.22. The Labute approximate surface area is 768 Å². The highest BCUT2D eigenvalue weighted by atomic mass is 15.2. The van der Waals surface area contributed by atoms with Crippen LogP contribution in [0.3, 0.4) is 0 Å².